The molecule has 0 radical (unpaired) electrons. The van der Waals surface area contributed by atoms with Crippen molar-refractivity contribution < 1.29 is 27.8 Å². The van der Waals surface area contributed by atoms with Crippen LogP contribution < -0.4 is 19.1 Å². The Bertz CT molecular complexity index is 1350. The van der Waals surface area contributed by atoms with E-state index in [1.165, 1.54) is 6.07 Å². The number of nitrogens with zero attached hydrogens (tertiary/aromatic N) is 4. The highest BCUT2D eigenvalue weighted by molar-refractivity contribution is 7.89. The summed E-state index contributed by atoms with van der Waals surface area (Å²) in [6.07, 6.45) is 0.903. The van der Waals surface area contributed by atoms with E-state index in [0.717, 1.165) is 36.0 Å². The van der Waals surface area contributed by atoms with Crippen LogP contribution in [0.3, 0.4) is 0 Å². The number of anilines is 1. The van der Waals surface area contributed by atoms with Crippen LogP contribution in [0.4, 0.5) is 5.82 Å². The number of amides is 1. The van der Waals surface area contributed by atoms with Crippen LogP contribution in [-0.2, 0) is 16.6 Å². The van der Waals surface area contributed by atoms with Crippen LogP contribution in [0.5, 0.6) is 17.2 Å². The molecule has 3 aromatic rings. The molecule has 0 bridgehead atoms. The van der Waals surface area contributed by atoms with Crippen molar-refractivity contribution in [3.05, 3.63) is 59.8 Å². The molecule has 1 aliphatic heterocycles. The summed E-state index contributed by atoms with van der Waals surface area (Å²) in [4.78, 5) is 16.3. The van der Waals surface area contributed by atoms with Gasteiger partial charge in [-0.3, -0.25) is 9.69 Å². The SMILES string of the molecule is COc1cc(-c2cccc(O)c2)cc(OC)c1CN1CCN(c2ccc(C(=O)NS(C)(=O)=O)nn2)CC1. The molecule has 196 valence electrons. The van der Waals surface area contributed by atoms with Crippen molar-refractivity contribution >= 4 is 21.7 Å². The molecule has 2 N–H and O–H groups in total. The summed E-state index contributed by atoms with van der Waals surface area (Å²) in [5, 5.41) is 17.8. The second-order valence-corrected chi connectivity index (χ2v) is 10.4. The van der Waals surface area contributed by atoms with Crippen LogP contribution >= 0.6 is 0 Å². The lowest BCUT2D eigenvalue weighted by Gasteiger charge is -2.35. The first-order valence-corrected chi connectivity index (χ1v) is 13.4. The number of phenols is 1. The lowest BCUT2D eigenvalue weighted by atomic mass is 10.0. The number of benzene rings is 2. The number of piperazine rings is 1. The van der Waals surface area contributed by atoms with Gasteiger partial charge in [-0.1, -0.05) is 12.1 Å². The Hall–Kier alpha value is -3.90. The van der Waals surface area contributed by atoms with Crippen molar-refractivity contribution in [2.45, 2.75) is 6.54 Å². The lowest BCUT2D eigenvalue weighted by molar-refractivity contribution is 0.0976. The Morgan fingerprint density at radius 3 is 2.19 bits per heavy atom. The number of sulfonamides is 1. The third-order valence-corrected chi connectivity index (χ3v) is 6.58. The highest BCUT2D eigenvalue weighted by atomic mass is 32.2. The minimum atomic E-state index is -3.67. The number of rotatable bonds is 8. The summed E-state index contributed by atoms with van der Waals surface area (Å²) in [6, 6.07) is 14.0. The second kappa shape index (κ2) is 11.0. The Kier molecular flexibility index (Phi) is 7.79. The van der Waals surface area contributed by atoms with E-state index in [-0.39, 0.29) is 11.4 Å². The predicted molar refractivity (Wildman–Crippen MR) is 138 cm³/mol. The fourth-order valence-electron chi connectivity index (χ4n) is 4.19. The van der Waals surface area contributed by atoms with Gasteiger partial charge in [-0.05, 0) is 47.5 Å². The zero-order valence-electron chi connectivity index (χ0n) is 20.8. The minimum absolute atomic E-state index is 0.0684. The first-order chi connectivity index (χ1) is 17.7. The zero-order valence-corrected chi connectivity index (χ0v) is 21.7. The molecule has 1 aromatic heterocycles. The molecule has 4 rings (SSSR count). The Labute approximate surface area is 215 Å². The molecule has 12 heteroatoms. The number of aromatic nitrogens is 2. The Balaban J connectivity index is 1.43. The van der Waals surface area contributed by atoms with Gasteiger partial charge in [0.25, 0.3) is 5.91 Å². The van der Waals surface area contributed by atoms with E-state index in [4.69, 9.17) is 9.47 Å². The van der Waals surface area contributed by atoms with E-state index in [9.17, 15) is 18.3 Å². The first kappa shape index (κ1) is 26.2. The number of carbonyl (C=O) groups is 1. The van der Waals surface area contributed by atoms with Crippen LogP contribution in [0.15, 0.2) is 48.5 Å². The average Bonchev–Trinajstić information content (AvgIpc) is 2.88. The smallest absolute Gasteiger partial charge is 0.285 e. The molecule has 0 unspecified atom stereocenters. The van der Waals surface area contributed by atoms with Crippen LogP contribution in [0, 0.1) is 0 Å². The molecule has 0 aliphatic carbocycles. The third kappa shape index (κ3) is 6.46. The normalized spacial score (nSPS) is 14.3. The van der Waals surface area contributed by atoms with Crippen LogP contribution in [0.2, 0.25) is 0 Å². The fraction of sp³-hybridized carbons (Fsp3) is 0.320. The quantitative estimate of drug-likeness (QED) is 0.447. The fourth-order valence-corrected chi connectivity index (χ4v) is 4.63. The van der Waals surface area contributed by atoms with E-state index >= 15 is 0 Å². The van der Waals surface area contributed by atoms with E-state index in [1.807, 2.05) is 22.9 Å². The van der Waals surface area contributed by atoms with Gasteiger partial charge in [0.2, 0.25) is 10.0 Å². The molecule has 1 saturated heterocycles. The molecular weight excluding hydrogens is 498 g/mol. The maximum atomic E-state index is 11.9. The van der Waals surface area contributed by atoms with E-state index in [0.29, 0.717) is 37.0 Å². The van der Waals surface area contributed by atoms with Gasteiger partial charge in [-0.25, -0.2) is 13.1 Å². The maximum Gasteiger partial charge on any atom is 0.285 e. The number of aromatic hydroxyl groups is 1. The molecule has 1 aliphatic rings. The number of nitrogens with one attached hydrogen (secondary N) is 1. The highest BCUT2D eigenvalue weighted by Crippen LogP contribution is 2.37. The van der Waals surface area contributed by atoms with Crippen molar-refractivity contribution in [1.29, 1.82) is 0 Å². The molecule has 1 amide bonds. The molecule has 37 heavy (non-hydrogen) atoms. The van der Waals surface area contributed by atoms with E-state index in [2.05, 4.69) is 20.0 Å². The maximum absolute atomic E-state index is 11.9. The van der Waals surface area contributed by atoms with Crippen LogP contribution in [0.1, 0.15) is 16.1 Å². The summed E-state index contributed by atoms with van der Waals surface area (Å²) < 4.78 is 35.8. The summed E-state index contributed by atoms with van der Waals surface area (Å²) in [6.45, 7) is 3.50. The molecule has 0 saturated carbocycles. The lowest BCUT2D eigenvalue weighted by Crippen LogP contribution is -2.46. The number of ether oxygens (including phenoxy) is 2. The summed E-state index contributed by atoms with van der Waals surface area (Å²) >= 11 is 0. The van der Waals surface area contributed by atoms with Crippen molar-refractivity contribution in [3.8, 4) is 28.4 Å². The highest BCUT2D eigenvalue weighted by Gasteiger charge is 2.23. The van der Waals surface area contributed by atoms with Gasteiger partial charge >= 0.3 is 0 Å². The number of carbonyl (C=O) groups excluding carboxylic acids is 1. The monoisotopic (exact) mass is 527 g/mol. The van der Waals surface area contributed by atoms with Gasteiger partial charge in [0.1, 0.15) is 17.2 Å². The van der Waals surface area contributed by atoms with Gasteiger partial charge in [0, 0.05) is 32.7 Å². The van der Waals surface area contributed by atoms with Crippen LogP contribution in [-0.4, -0.2) is 81.2 Å². The minimum Gasteiger partial charge on any atom is -0.508 e. The molecule has 2 heterocycles. The van der Waals surface area contributed by atoms with Gasteiger partial charge < -0.3 is 19.5 Å². The van der Waals surface area contributed by atoms with Gasteiger partial charge in [-0.15, -0.1) is 10.2 Å². The second-order valence-electron chi connectivity index (χ2n) is 8.65. The largest absolute Gasteiger partial charge is 0.508 e. The number of hydrogen-bond donors (Lipinski definition) is 2. The summed E-state index contributed by atoms with van der Waals surface area (Å²) in [5.74, 6) is 1.39. The molecule has 0 atom stereocenters. The molecule has 11 nitrogen and oxygen atoms in total. The van der Waals surface area contributed by atoms with Crippen molar-refractivity contribution in [1.82, 2.24) is 19.8 Å². The zero-order chi connectivity index (χ0) is 26.6. The van der Waals surface area contributed by atoms with Crippen molar-refractivity contribution in [2.75, 3.05) is 51.6 Å². The molecule has 0 spiro atoms. The summed E-state index contributed by atoms with van der Waals surface area (Å²) in [7, 11) is -0.422. The standard InChI is InChI=1S/C25H29N5O6S/c1-35-22-14-18(17-5-4-6-19(31)13-17)15-23(36-2)20(22)16-29-9-11-30(12-10-29)24-8-7-21(26-27-24)25(32)28-37(3,33)34/h4-8,13-15,31H,9-12,16H2,1-3H3,(H,28,32). The molecule has 2 aromatic carbocycles. The predicted octanol–water partition coefficient (Wildman–Crippen LogP) is 1.88. The third-order valence-electron chi connectivity index (χ3n) is 6.03. The number of phenolic OH excluding ortho intramolecular Hbond substituents is 1. The Morgan fingerprint density at radius 2 is 1.65 bits per heavy atom. The number of hydrogen-bond acceptors (Lipinski definition) is 10. The van der Waals surface area contributed by atoms with E-state index in [1.54, 1.807) is 38.5 Å². The van der Waals surface area contributed by atoms with Crippen LogP contribution in [0.25, 0.3) is 11.1 Å². The van der Waals surface area contributed by atoms with E-state index < -0.39 is 15.9 Å². The van der Waals surface area contributed by atoms with Gasteiger partial charge in [-0.2, -0.15) is 0 Å². The number of methoxy groups -OCH3 is 2. The average molecular weight is 528 g/mol. The van der Waals surface area contributed by atoms with Gasteiger partial charge in [0.05, 0.1) is 26.0 Å². The summed E-state index contributed by atoms with van der Waals surface area (Å²) in [5.41, 5.74) is 2.60. The van der Waals surface area contributed by atoms with Gasteiger partial charge in [0.15, 0.2) is 11.5 Å². The molecular formula is C25H29N5O6S. The van der Waals surface area contributed by atoms with Crippen molar-refractivity contribution in [2.24, 2.45) is 0 Å². The first-order valence-electron chi connectivity index (χ1n) is 11.5. The topological polar surface area (TPSA) is 134 Å². The Morgan fingerprint density at radius 1 is 0.973 bits per heavy atom. The van der Waals surface area contributed by atoms with Crippen molar-refractivity contribution in [3.63, 3.8) is 0 Å². The molecule has 1 fully saturated rings.